The Morgan fingerprint density at radius 2 is 2.00 bits per heavy atom. The highest BCUT2D eigenvalue weighted by molar-refractivity contribution is 6.13. The summed E-state index contributed by atoms with van der Waals surface area (Å²) in [7, 11) is 1.18. The van der Waals surface area contributed by atoms with Crippen LogP contribution in [0.4, 0.5) is 4.79 Å². The van der Waals surface area contributed by atoms with Crippen LogP contribution in [0.1, 0.15) is 66.7 Å². The van der Waals surface area contributed by atoms with Crippen LogP contribution in [0.5, 0.6) is 0 Å². The van der Waals surface area contributed by atoms with Crippen molar-refractivity contribution in [2.45, 2.75) is 83.4 Å². The lowest BCUT2D eigenvalue weighted by molar-refractivity contribution is -0.148. The number of nitrogens with zero attached hydrogens (tertiary/aromatic N) is 3. The number of hydrogen-bond donors (Lipinski definition) is 2. The molecule has 1 aliphatic heterocycles. The average Bonchev–Trinajstić information content (AvgIpc) is 3.01. The maximum atomic E-state index is 13.7. The molecule has 33 heavy (non-hydrogen) atoms. The van der Waals surface area contributed by atoms with Gasteiger partial charge in [0.15, 0.2) is 11.3 Å². The number of aldehydes is 1. The van der Waals surface area contributed by atoms with Crippen LogP contribution in [0.25, 0.3) is 10.4 Å². The number of alkyl carbamates (subject to hydrolysis) is 1. The Balaban J connectivity index is 3.37. The summed E-state index contributed by atoms with van der Waals surface area (Å²) in [5, 5.41) is 9.07. The van der Waals surface area contributed by atoms with Crippen LogP contribution < -0.4 is 10.6 Å². The zero-order valence-electron chi connectivity index (χ0n) is 20.3. The molecule has 2 atom stereocenters. The normalized spacial score (nSPS) is 19.6. The molecule has 1 rings (SSSR count). The van der Waals surface area contributed by atoms with Crippen molar-refractivity contribution in [3.05, 3.63) is 22.2 Å². The third kappa shape index (κ3) is 7.21. The highest BCUT2D eigenvalue weighted by Crippen LogP contribution is 2.37. The number of rotatable bonds is 12. The smallest absolute Gasteiger partial charge is 0.408 e. The van der Waals surface area contributed by atoms with Gasteiger partial charge in [0.2, 0.25) is 0 Å². The Hall–Kier alpha value is -3.07. The van der Waals surface area contributed by atoms with E-state index in [9.17, 15) is 19.2 Å². The molecule has 1 heterocycles. The van der Waals surface area contributed by atoms with E-state index in [1.165, 1.54) is 13.3 Å². The Morgan fingerprint density at radius 3 is 2.52 bits per heavy atom. The number of nitrogens with one attached hydrogen (secondary N) is 2. The summed E-state index contributed by atoms with van der Waals surface area (Å²) in [6, 6.07) is 0. The standard InChI is InChI=1S/C22H35N5O6/c1-15(2)13-22(18(30)32-6,26-19(31)33-20(3,4)5)16-14-24-21(10-12-28,17(16)29)9-7-8-11-25-27-23/h12,14-15,24H,7-11,13H2,1-6H3,(H,26,31)/t21-,22+/m0/s1. The van der Waals surface area contributed by atoms with Crippen LogP contribution in [0.3, 0.4) is 0 Å². The van der Waals surface area contributed by atoms with E-state index in [2.05, 4.69) is 20.7 Å². The fraction of sp³-hybridized carbons (Fsp3) is 0.727. The lowest BCUT2D eigenvalue weighted by Crippen LogP contribution is -2.60. The number of amides is 1. The van der Waals surface area contributed by atoms with Gasteiger partial charge < -0.3 is 24.9 Å². The molecule has 0 spiro atoms. The number of carbonyl (C=O) groups is 4. The number of methoxy groups -OCH3 is 1. The van der Waals surface area contributed by atoms with Crippen molar-refractivity contribution in [2.75, 3.05) is 13.7 Å². The molecule has 0 radical (unpaired) electrons. The molecule has 0 aromatic rings. The topological polar surface area (TPSA) is 160 Å². The predicted octanol–water partition coefficient (Wildman–Crippen LogP) is 3.33. The third-order valence-corrected chi connectivity index (χ3v) is 5.20. The number of azide groups is 1. The maximum Gasteiger partial charge on any atom is 0.408 e. The Labute approximate surface area is 194 Å². The van der Waals surface area contributed by atoms with Gasteiger partial charge >= 0.3 is 12.1 Å². The van der Waals surface area contributed by atoms with Crippen molar-refractivity contribution in [2.24, 2.45) is 11.0 Å². The van der Waals surface area contributed by atoms with Gasteiger partial charge in [0, 0.05) is 24.1 Å². The minimum Gasteiger partial charge on any atom is -0.467 e. The van der Waals surface area contributed by atoms with Gasteiger partial charge in [-0.2, -0.15) is 0 Å². The van der Waals surface area contributed by atoms with Crippen molar-refractivity contribution in [1.82, 2.24) is 10.6 Å². The van der Waals surface area contributed by atoms with Gasteiger partial charge in [0.05, 0.1) is 12.7 Å². The van der Waals surface area contributed by atoms with Crippen molar-refractivity contribution in [3.8, 4) is 0 Å². The molecule has 0 aliphatic carbocycles. The van der Waals surface area contributed by atoms with Crippen molar-refractivity contribution >= 4 is 24.1 Å². The number of ether oxygens (including phenoxy) is 2. The van der Waals surface area contributed by atoms with Crippen LogP contribution >= 0.6 is 0 Å². The van der Waals surface area contributed by atoms with E-state index in [-0.39, 0.29) is 37.3 Å². The lowest BCUT2D eigenvalue weighted by Gasteiger charge is -2.36. The maximum absolute atomic E-state index is 13.7. The first-order valence-electron chi connectivity index (χ1n) is 10.9. The fourth-order valence-electron chi connectivity index (χ4n) is 3.89. The molecule has 1 amide bonds. The SMILES string of the molecule is COC(=O)[C@](CC(C)C)(NC(=O)OC(C)(C)C)C1=CN[C@](CC=O)(CCCCN=[N+]=[N-])C1=O. The molecule has 0 unspecified atom stereocenters. The summed E-state index contributed by atoms with van der Waals surface area (Å²) < 4.78 is 10.4. The number of esters is 1. The fourth-order valence-corrected chi connectivity index (χ4v) is 3.89. The van der Waals surface area contributed by atoms with Gasteiger partial charge in [-0.25, -0.2) is 9.59 Å². The van der Waals surface area contributed by atoms with E-state index in [4.69, 9.17) is 15.0 Å². The van der Waals surface area contributed by atoms with Crippen molar-refractivity contribution < 1.29 is 28.7 Å². The van der Waals surface area contributed by atoms with E-state index < -0.39 is 34.5 Å². The first kappa shape index (κ1) is 28.0. The molecule has 0 aromatic carbocycles. The largest absolute Gasteiger partial charge is 0.467 e. The zero-order valence-corrected chi connectivity index (χ0v) is 20.3. The highest BCUT2D eigenvalue weighted by atomic mass is 16.6. The second kappa shape index (κ2) is 11.7. The van der Waals surface area contributed by atoms with E-state index in [0.717, 1.165) is 0 Å². The van der Waals surface area contributed by atoms with E-state index in [0.29, 0.717) is 19.1 Å². The Kier molecular flexibility index (Phi) is 9.91. The number of Topliss-reactive ketones (excluding diaryl/α,β-unsaturated/α-hetero) is 1. The summed E-state index contributed by atoms with van der Waals surface area (Å²) in [6.07, 6.45) is 2.40. The molecule has 0 saturated heterocycles. The van der Waals surface area contributed by atoms with Gasteiger partial charge in [-0.05, 0) is 51.5 Å². The minimum atomic E-state index is -1.80. The van der Waals surface area contributed by atoms with Crippen LogP contribution in [0.2, 0.25) is 0 Å². The lowest BCUT2D eigenvalue weighted by atomic mass is 9.75. The van der Waals surface area contributed by atoms with Gasteiger partial charge in [-0.15, -0.1) is 0 Å². The van der Waals surface area contributed by atoms with Gasteiger partial charge in [0.1, 0.15) is 17.4 Å². The molecule has 11 nitrogen and oxygen atoms in total. The van der Waals surface area contributed by atoms with Crippen LogP contribution in [0.15, 0.2) is 16.9 Å². The van der Waals surface area contributed by atoms with E-state index >= 15 is 0 Å². The molecule has 2 N–H and O–H groups in total. The zero-order chi connectivity index (χ0) is 25.3. The number of unbranched alkanes of at least 4 members (excludes halogenated alkanes) is 1. The van der Waals surface area contributed by atoms with Crippen LogP contribution in [-0.4, -0.2) is 54.5 Å². The van der Waals surface area contributed by atoms with Crippen LogP contribution in [-0.2, 0) is 23.9 Å². The summed E-state index contributed by atoms with van der Waals surface area (Å²) in [4.78, 5) is 53.6. The first-order valence-corrected chi connectivity index (χ1v) is 10.9. The number of hydrogen-bond acceptors (Lipinski definition) is 8. The van der Waals surface area contributed by atoms with Crippen LogP contribution in [0, 0.1) is 5.92 Å². The quantitative estimate of drug-likeness (QED) is 0.112. The molecule has 0 aromatic heterocycles. The monoisotopic (exact) mass is 465 g/mol. The summed E-state index contributed by atoms with van der Waals surface area (Å²) in [5.41, 5.74) is 4.53. The number of carbonyl (C=O) groups excluding carboxylic acids is 4. The first-order chi connectivity index (χ1) is 15.4. The molecule has 1 aliphatic rings. The molecule has 0 saturated carbocycles. The van der Waals surface area contributed by atoms with Crippen molar-refractivity contribution in [3.63, 3.8) is 0 Å². The van der Waals surface area contributed by atoms with Gasteiger partial charge in [-0.1, -0.05) is 25.4 Å². The third-order valence-electron chi connectivity index (χ3n) is 5.20. The summed E-state index contributed by atoms with van der Waals surface area (Å²) >= 11 is 0. The molecule has 0 fully saturated rings. The Morgan fingerprint density at radius 1 is 1.33 bits per heavy atom. The molecule has 11 heteroatoms. The predicted molar refractivity (Wildman–Crippen MR) is 121 cm³/mol. The van der Waals surface area contributed by atoms with E-state index in [1.54, 1.807) is 20.8 Å². The Bertz CT molecular complexity index is 828. The molecular weight excluding hydrogens is 430 g/mol. The van der Waals surface area contributed by atoms with Gasteiger partial charge in [0.25, 0.3) is 0 Å². The molecule has 184 valence electrons. The molecular formula is C22H35N5O6. The van der Waals surface area contributed by atoms with E-state index in [1.807, 2.05) is 13.8 Å². The minimum absolute atomic E-state index is 0.00537. The molecule has 0 bridgehead atoms. The van der Waals surface area contributed by atoms with Gasteiger partial charge in [-0.3, -0.25) is 4.79 Å². The summed E-state index contributed by atoms with van der Waals surface area (Å²) in [5.74, 6) is -1.40. The highest BCUT2D eigenvalue weighted by Gasteiger charge is 2.55. The van der Waals surface area contributed by atoms with Crippen molar-refractivity contribution in [1.29, 1.82) is 0 Å². The second-order valence-corrected chi connectivity index (χ2v) is 9.52. The second-order valence-electron chi connectivity index (χ2n) is 9.52. The number of ketones is 1. The average molecular weight is 466 g/mol. The summed E-state index contributed by atoms with van der Waals surface area (Å²) in [6.45, 7) is 9.00.